The number of pyridine rings is 1. The Morgan fingerprint density at radius 1 is 1.12 bits per heavy atom. The molecule has 1 fully saturated rings. The van der Waals surface area contributed by atoms with Crippen LogP contribution in [0.1, 0.15) is 36.5 Å². The molecule has 3 aromatic rings. The van der Waals surface area contributed by atoms with Crippen LogP contribution in [-0.4, -0.2) is 41.5 Å². The number of carbonyl (C=O) groups is 1. The number of likely N-dealkylation sites (tertiary alicyclic amines) is 1. The van der Waals surface area contributed by atoms with Gasteiger partial charge in [-0.25, -0.2) is 13.2 Å². The molecule has 0 saturated carbocycles. The third kappa shape index (κ3) is 4.59. The minimum absolute atomic E-state index is 0.0399. The minimum atomic E-state index is -1.08. The molecular weight excluding hydrogens is 439 g/mol. The highest BCUT2D eigenvalue weighted by atomic mass is 35.5. The van der Waals surface area contributed by atoms with Gasteiger partial charge in [0.1, 0.15) is 17.5 Å². The summed E-state index contributed by atoms with van der Waals surface area (Å²) < 4.78 is 42.3. The number of piperidine rings is 1. The first kappa shape index (κ1) is 22.6. The number of aromatic nitrogens is 1. The summed E-state index contributed by atoms with van der Waals surface area (Å²) in [5.74, 6) is -3.45. The molecule has 0 unspecified atom stereocenters. The van der Waals surface area contributed by atoms with Crippen LogP contribution in [0.25, 0.3) is 22.0 Å². The first-order chi connectivity index (χ1) is 15.4. The van der Waals surface area contributed by atoms with E-state index >= 15 is 0 Å². The Bertz CT molecular complexity index is 1140. The summed E-state index contributed by atoms with van der Waals surface area (Å²) in [6.45, 7) is 5.07. The lowest BCUT2D eigenvalue weighted by Crippen LogP contribution is -2.44. The molecule has 0 aliphatic carbocycles. The van der Waals surface area contributed by atoms with Crippen molar-refractivity contribution in [3.8, 4) is 11.3 Å². The Kier molecular flexibility index (Phi) is 6.67. The lowest BCUT2D eigenvalue weighted by Gasteiger charge is -2.32. The smallest absolute Gasteiger partial charge is 0.251 e. The largest absolute Gasteiger partial charge is 0.349 e. The highest BCUT2D eigenvalue weighted by Crippen LogP contribution is 2.34. The second-order valence-corrected chi connectivity index (χ2v) is 8.46. The van der Waals surface area contributed by atoms with E-state index in [1.807, 2.05) is 0 Å². The van der Waals surface area contributed by atoms with Crippen LogP contribution in [0, 0.1) is 17.5 Å². The molecule has 8 heteroatoms. The van der Waals surface area contributed by atoms with Crippen LogP contribution < -0.4 is 5.32 Å². The number of nitrogens with zero attached hydrogens (tertiary/aromatic N) is 2. The van der Waals surface area contributed by atoms with Crippen molar-refractivity contribution in [3.63, 3.8) is 0 Å². The van der Waals surface area contributed by atoms with Crippen LogP contribution in [0.4, 0.5) is 13.2 Å². The Morgan fingerprint density at radius 3 is 2.47 bits per heavy atom. The third-order valence-corrected chi connectivity index (χ3v) is 6.11. The Hall–Kier alpha value is -2.64. The van der Waals surface area contributed by atoms with Crippen molar-refractivity contribution in [2.45, 2.75) is 32.2 Å². The second-order valence-electron chi connectivity index (χ2n) is 8.05. The van der Waals surface area contributed by atoms with E-state index in [0.717, 1.165) is 38.9 Å². The molecule has 1 aliphatic rings. The van der Waals surface area contributed by atoms with Gasteiger partial charge in [-0.1, -0.05) is 24.6 Å². The molecule has 1 amide bonds. The van der Waals surface area contributed by atoms with E-state index in [4.69, 9.17) is 11.6 Å². The molecule has 4 rings (SSSR count). The number of hydrogen-bond donors (Lipinski definition) is 1. The zero-order valence-corrected chi connectivity index (χ0v) is 18.4. The first-order valence-electron chi connectivity index (χ1n) is 10.6. The lowest BCUT2D eigenvalue weighted by molar-refractivity contribution is 0.0911. The summed E-state index contributed by atoms with van der Waals surface area (Å²) in [5.41, 5.74) is -0.169. The number of hydrogen-bond acceptors (Lipinski definition) is 3. The average molecular weight is 462 g/mol. The zero-order valence-electron chi connectivity index (χ0n) is 17.6. The standard InChI is InChI=1S/C24H23ClF3N3O/c1-2-7-31-8-5-16(6-9-31)30-24(32)14-3-4-17-18(10-14)23(29-13-19(17)25)22-20(27)11-15(26)12-21(22)28/h3-4,10-13,16H,2,5-9H2,1H3,(H,30,32). The molecule has 0 spiro atoms. The molecule has 1 aromatic heterocycles. The van der Waals surface area contributed by atoms with Crippen molar-refractivity contribution in [3.05, 3.63) is 64.6 Å². The summed E-state index contributed by atoms with van der Waals surface area (Å²) in [6, 6.07) is 6.03. The van der Waals surface area contributed by atoms with Crippen molar-refractivity contribution < 1.29 is 18.0 Å². The lowest BCUT2D eigenvalue weighted by atomic mass is 9.99. The van der Waals surface area contributed by atoms with Crippen molar-refractivity contribution in [2.75, 3.05) is 19.6 Å². The maximum Gasteiger partial charge on any atom is 0.251 e. The molecule has 0 atom stereocenters. The van der Waals surface area contributed by atoms with Crippen LogP contribution >= 0.6 is 11.6 Å². The van der Waals surface area contributed by atoms with Gasteiger partial charge in [0, 0.05) is 53.8 Å². The van der Waals surface area contributed by atoms with Crippen LogP contribution in [-0.2, 0) is 0 Å². The van der Waals surface area contributed by atoms with Gasteiger partial charge < -0.3 is 10.2 Å². The Balaban J connectivity index is 1.65. The van der Waals surface area contributed by atoms with Gasteiger partial charge in [-0.15, -0.1) is 0 Å². The predicted molar refractivity (Wildman–Crippen MR) is 119 cm³/mol. The van der Waals surface area contributed by atoms with Crippen LogP contribution in [0.2, 0.25) is 5.02 Å². The molecule has 32 heavy (non-hydrogen) atoms. The number of rotatable bonds is 5. The van der Waals surface area contributed by atoms with Gasteiger partial charge in [0.25, 0.3) is 5.91 Å². The fourth-order valence-corrected chi connectivity index (χ4v) is 4.42. The van der Waals surface area contributed by atoms with Crippen molar-refractivity contribution >= 4 is 28.3 Å². The van der Waals surface area contributed by atoms with E-state index in [2.05, 4.69) is 22.1 Å². The van der Waals surface area contributed by atoms with Gasteiger partial charge >= 0.3 is 0 Å². The molecular formula is C24H23ClF3N3O. The van der Waals surface area contributed by atoms with E-state index in [1.54, 1.807) is 12.1 Å². The number of carbonyl (C=O) groups excluding carboxylic acids is 1. The summed E-state index contributed by atoms with van der Waals surface area (Å²) in [5, 5.41) is 4.13. The van der Waals surface area contributed by atoms with Crippen LogP contribution in [0.5, 0.6) is 0 Å². The van der Waals surface area contributed by atoms with E-state index in [0.29, 0.717) is 28.5 Å². The summed E-state index contributed by atoms with van der Waals surface area (Å²) >= 11 is 6.23. The molecule has 2 heterocycles. The SMILES string of the molecule is CCCN1CCC(NC(=O)c2ccc3c(Cl)cnc(-c4c(F)cc(F)cc4F)c3c2)CC1. The number of benzene rings is 2. The maximum atomic E-state index is 14.4. The molecule has 1 saturated heterocycles. The number of fused-ring (bicyclic) bond motifs is 1. The Labute approximate surface area is 189 Å². The number of halogens is 4. The van der Waals surface area contributed by atoms with Crippen molar-refractivity contribution in [1.82, 2.24) is 15.2 Å². The summed E-state index contributed by atoms with van der Waals surface area (Å²) in [4.78, 5) is 19.4. The fourth-order valence-electron chi connectivity index (χ4n) is 4.20. The van der Waals surface area contributed by atoms with Crippen LogP contribution in [0.15, 0.2) is 36.5 Å². The highest BCUT2D eigenvalue weighted by Gasteiger charge is 2.22. The molecule has 1 N–H and O–H groups in total. The van der Waals surface area contributed by atoms with Gasteiger partial charge in [-0.3, -0.25) is 9.78 Å². The van der Waals surface area contributed by atoms with E-state index in [9.17, 15) is 18.0 Å². The second kappa shape index (κ2) is 9.46. The van der Waals surface area contributed by atoms with Crippen molar-refractivity contribution in [1.29, 1.82) is 0 Å². The summed E-state index contributed by atoms with van der Waals surface area (Å²) in [6.07, 6.45) is 4.11. The molecule has 0 radical (unpaired) electrons. The van der Waals surface area contributed by atoms with Gasteiger partial charge in [-0.05, 0) is 37.9 Å². The van der Waals surface area contributed by atoms with Crippen molar-refractivity contribution in [2.24, 2.45) is 0 Å². The highest BCUT2D eigenvalue weighted by molar-refractivity contribution is 6.35. The zero-order chi connectivity index (χ0) is 22.8. The third-order valence-electron chi connectivity index (χ3n) is 5.81. The molecule has 1 aliphatic heterocycles. The normalized spacial score (nSPS) is 15.3. The van der Waals surface area contributed by atoms with Gasteiger partial charge in [0.15, 0.2) is 0 Å². The van der Waals surface area contributed by atoms with E-state index in [-0.39, 0.29) is 22.7 Å². The molecule has 2 aromatic carbocycles. The minimum Gasteiger partial charge on any atom is -0.349 e. The average Bonchev–Trinajstić information content (AvgIpc) is 2.76. The molecule has 168 valence electrons. The molecule has 4 nitrogen and oxygen atoms in total. The van der Waals surface area contributed by atoms with E-state index in [1.165, 1.54) is 12.3 Å². The van der Waals surface area contributed by atoms with Gasteiger partial charge in [0.05, 0.1) is 16.3 Å². The maximum absolute atomic E-state index is 14.4. The quantitative estimate of drug-likeness (QED) is 0.539. The number of nitrogens with one attached hydrogen (secondary N) is 1. The van der Waals surface area contributed by atoms with Crippen LogP contribution in [0.3, 0.4) is 0 Å². The predicted octanol–water partition coefficient (Wildman–Crippen LogP) is 5.58. The topological polar surface area (TPSA) is 45.2 Å². The first-order valence-corrected chi connectivity index (χ1v) is 11.0. The van der Waals surface area contributed by atoms with E-state index < -0.39 is 23.0 Å². The van der Waals surface area contributed by atoms with Gasteiger partial charge in [0.2, 0.25) is 0 Å². The molecule has 0 bridgehead atoms. The monoisotopic (exact) mass is 461 g/mol. The number of amides is 1. The summed E-state index contributed by atoms with van der Waals surface area (Å²) in [7, 11) is 0. The Morgan fingerprint density at radius 2 is 1.81 bits per heavy atom. The fraction of sp³-hybridized carbons (Fsp3) is 0.333. The van der Waals surface area contributed by atoms with Gasteiger partial charge in [-0.2, -0.15) is 0 Å².